The first-order valence-corrected chi connectivity index (χ1v) is 6.43. The minimum Gasteiger partial charge on any atom is -0.508 e. The van der Waals surface area contributed by atoms with E-state index in [9.17, 15) is 5.11 Å². The van der Waals surface area contributed by atoms with Gasteiger partial charge in [-0.3, -0.25) is 0 Å². The van der Waals surface area contributed by atoms with Gasteiger partial charge in [-0.25, -0.2) is 0 Å². The second kappa shape index (κ2) is 6.03. The first kappa shape index (κ1) is 12.4. The van der Waals surface area contributed by atoms with Crippen molar-refractivity contribution < 1.29 is 9.84 Å². The Bertz CT molecular complexity index is 331. The second-order valence-corrected chi connectivity index (χ2v) is 4.60. The van der Waals surface area contributed by atoms with E-state index in [1.807, 2.05) is 12.1 Å². The fraction of sp³-hybridized carbons (Fsp3) is 0.571. The van der Waals surface area contributed by atoms with Gasteiger partial charge in [0, 0.05) is 19.2 Å². The molecule has 0 radical (unpaired) electrons. The van der Waals surface area contributed by atoms with E-state index in [0.29, 0.717) is 17.9 Å². The van der Waals surface area contributed by atoms with Crippen LogP contribution in [0.5, 0.6) is 5.75 Å². The van der Waals surface area contributed by atoms with Crippen molar-refractivity contribution in [3.8, 4) is 5.75 Å². The van der Waals surface area contributed by atoms with Gasteiger partial charge in [0.15, 0.2) is 0 Å². The van der Waals surface area contributed by atoms with Gasteiger partial charge in [0.05, 0.1) is 6.10 Å². The van der Waals surface area contributed by atoms with Crippen LogP contribution < -0.4 is 5.32 Å². The summed E-state index contributed by atoms with van der Waals surface area (Å²) < 4.78 is 5.60. The summed E-state index contributed by atoms with van der Waals surface area (Å²) in [5.41, 5.74) is 1.23. The summed E-state index contributed by atoms with van der Waals surface area (Å²) in [5, 5.41) is 12.8. The number of aromatic hydroxyl groups is 1. The van der Waals surface area contributed by atoms with Crippen LogP contribution >= 0.6 is 0 Å². The van der Waals surface area contributed by atoms with Crippen LogP contribution in [0.4, 0.5) is 0 Å². The molecule has 3 nitrogen and oxygen atoms in total. The zero-order chi connectivity index (χ0) is 12.1. The number of hydrogen-bond acceptors (Lipinski definition) is 3. The molecule has 2 atom stereocenters. The van der Waals surface area contributed by atoms with Crippen LogP contribution in [-0.4, -0.2) is 24.4 Å². The summed E-state index contributed by atoms with van der Waals surface area (Å²) in [5.74, 6) is 0.322. The maximum absolute atomic E-state index is 9.27. The SMILES string of the molecule is CCC(NCC1CCCO1)c1ccc(O)cc1. The molecule has 1 fully saturated rings. The average Bonchev–Trinajstić information content (AvgIpc) is 2.85. The van der Waals surface area contributed by atoms with Crippen molar-refractivity contribution in [3.05, 3.63) is 29.8 Å². The molecule has 0 amide bonds. The third-order valence-corrected chi connectivity index (χ3v) is 3.32. The van der Waals surface area contributed by atoms with Crippen LogP contribution in [0.15, 0.2) is 24.3 Å². The van der Waals surface area contributed by atoms with Gasteiger partial charge in [0.2, 0.25) is 0 Å². The standard InChI is InChI=1S/C14H21NO2/c1-2-14(11-5-7-12(16)8-6-11)15-10-13-4-3-9-17-13/h5-8,13-16H,2-4,9-10H2,1H3. The highest BCUT2D eigenvalue weighted by atomic mass is 16.5. The summed E-state index contributed by atoms with van der Waals surface area (Å²) in [6.45, 7) is 3.99. The van der Waals surface area contributed by atoms with Gasteiger partial charge in [-0.15, -0.1) is 0 Å². The molecule has 3 heteroatoms. The molecule has 0 aliphatic carbocycles. The number of hydrogen-bond donors (Lipinski definition) is 2. The van der Waals surface area contributed by atoms with Gasteiger partial charge in [-0.2, -0.15) is 0 Å². The molecule has 1 aromatic carbocycles. The molecule has 1 heterocycles. The zero-order valence-corrected chi connectivity index (χ0v) is 10.4. The van der Waals surface area contributed by atoms with Crippen LogP contribution in [0.1, 0.15) is 37.8 Å². The number of ether oxygens (including phenoxy) is 1. The Kier molecular flexibility index (Phi) is 4.40. The highest BCUT2D eigenvalue weighted by Gasteiger charge is 2.17. The van der Waals surface area contributed by atoms with Crippen LogP contribution in [0.25, 0.3) is 0 Å². The number of nitrogens with one attached hydrogen (secondary N) is 1. The molecule has 0 spiro atoms. The van der Waals surface area contributed by atoms with Gasteiger partial charge in [-0.05, 0) is 37.0 Å². The Morgan fingerprint density at radius 2 is 2.18 bits per heavy atom. The first-order valence-electron chi connectivity index (χ1n) is 6.43. The smallest absolute Gasteiger partial charge is 0.115 e. The highest BCUT2D eigenvalue weighted by molar-refractivity contribution is 5.27. The molecule has 0 saturated carbocycles. The van der Waals surface area contributed by atoms with E-state index in [4.69, 9.17) is 4.74 Å². The summed E-state index contributed by atoms with van der Waals surface area (Å²) in [4.78, 5) is 0. The largest absolute Gasteiger partial charge is 0.508 e. The second-order valence-electron chi connectivity index (χ2n) is 4.60. The minimum atomic E-state index is 0.322. The molecule has 1 aromatic rings. The number of phenols is 1. The molecule has 2 unspecified atom stereocenters. The van der Waals surface area contributed by atoms with E-state index in [0.717, 1.165) is 19.6 Å². The van der Waals surface area contributed by atoms with E-state index in [1.54, 1.807) is 12.1 Å². The normalized spacial score (nSPS) is 21.6. The summed E-state index contributed by atoms with van der Waals surface area (Å²) in [7, 11) is 0. The van der Waals surface area contributed by atoms with E-state index in [-0.39, 0.29) is 0 Å². The molecule has 1 aliphatic heterocycles. The molecule has 2 rings (SSSR count). The van der Waals surface area contributed by atoms with Crippen LogP contribution in [0, 0.1) is 0 Å². The van der Waals surface area contributed by atoms with Crippen LogP contribution in [0.2, 0.25) is 0 Å². The van der Waals surface area contributed by atoms with Crippen molar-refractivity contribution >= 4 is 0 Å². The number of phenolic OH excluding ortho intramolecular Hbond substituents is 1. The van der Waals surface area contributed by atoms with E-state index in [1.165, 1.54) is 18.4 Å². The van der Waals surface area contributed by atoms with Crippen molar-refractivity contribution in [2.45, 2.75) is 38.3 Å². The van der Waals surface area contributed by atoms with Gasteiger partial charge in [0.1, 0.15) is 5.75 Å². The van der Waals surface area contributed by atoms with Gasteiger partial charge in [0.25, 0.3) is 0 Å². The molecule has 0 bridgehead atoms. The first-order chi connectivity index (χ1) is 8.29. The van der Waals surface area contributed by atoms with Gasteiger partial charge in [-0.1, -0.05) is 19.1 Å². The monoisotopic (exact) mass is 235 g/mol. The molecule has 17 heavy (non-hydrogen) atoms. The summed E-state index contributed by atoms with van der Waals surface area (Å²) in [6, 6.07) is 7.79. The van der Waals surface area contributed by atoms with Gasteiger partial charge >= 0.3 is 0 Å². The summed E-state index contributed by atoms with van der Waals surface area (Å²) in [6.07, 6.45) is 3.76. The Morgan fingerprint density at radius 3 is 2.76 bits per heavy atom. The molecular weight excluding hydrogens is 214 g/mol. The minimum absolute atomic E-state index is 0.322. The number of benzene rings is 1. The predicted octanol–water partition coefficient (Wildman–Crippen LogP) is 2.61. The van der Waals surface area contributed by atoms with E-state index >= 15 is 0 Å². The van der Waals surface area contributed by atoms with Crippen molar-refractivity contribution in [1.29, 1.82) is 0 Å². The van der Waals surface area contributed by atoms with Crippen molar-refractivity contribution in [2.24, 2.45) is 0 Å². The molecule has 2 N–H and O–H groups in total. The lowest BCUT2D eigenvalue weighted by molar-refractivity contribution is 0.107. The maximum atomic E-state index is 9.27. The molecule has 1 aliphatic rings. The quantitative estimate of drug-likeness (QED) is 0.824. The Hall–Kier alpha value is -1.06. The Labute approximate surface area is 103 Å². The predicted molar refractivity (Wildman–Crippen MR) is 68.1 cm³/mol. The summed E-state index contributed by atoms with van der Waals surface area (Å²) >= 11 is 0. The fourth-order valence-corrected chi connectivity index (χ4v) is 2.28. The molecule has 1 saturated heterocycles. The fourth-order valence-electron chi connectivity index (χ4n) is 2.28. The lowest BCUT2D eigenvalue weighted by atomic mass is 10.0. The molecule has 0 aromatic heterocycles. The van der Waals surface area contributed by atoms with E-state index in [2.05, 4.69) is 12.2 Å². The number of rotatable bonds is 5. The van der Waals surface area contributed by atoms with Crippen molar-refractivity contribution in [1.82, 2.24) is 5.32 Å². The molecular formula is C14H21NO2. The van der Waals surface area contributed by atoms with Crippen molar-refractivity contribution in [2.75, 3.05) is 13.2 Å². The Morgan fingerprint density at radius 1 is 1.41 bits per heavy atom. The lowest BCUT2D eigenvalue weighted by Gasteiger charge is -2.20. The van der Waals surface area contributed by atoms with Crippen molar-refractivity contribution in [3.63, 3.8) is 0 Å². The third kappa shape index (κ3) is 3.45. The lowest BCUT2D eigenvalue weighted by Crippen LogP contribution is -2.29. The highest BCUT2D eigenvalue weighted by Crippen LogP contribution is 2.20. The topological polar surface area (TPSA) is 41.5 Å². The zero-order valence-electron chi connectivity index (χ0n) is 10.4. The van der Waals surface area contributed by atoms with E-state index < -0.39 is 0 Å². The third-order valence-electron chi connectivity index (χ3n) is 3.32. The van der Waals surface area contributed by atoms with Crippen LogP contribution in [0.3, 0.4) is 0 Å². The van der Waals surface area contributed by atoms with Crippen LogP contribution in [-0.2, 0) is 4.74 Å². The Balaban J connectivity index is 1.89. The maximum Gasteiger partial charge on any atom is 0.115 e. The van der Waals surface area contributed by atoms with Gasteiger partial charge < -0.3 is 15.2 Å². The molecule has 94 valence electrons. The average molecular weight is 235 g/mol.